The highest BCUT2D eigenvalue weighted by atomic mass is 16.6. The molecule has 0 radical (unpaired) electrons. The molecule has 2 aliphatic heterocycles. The number of aliphatic hydroxyl groups excluding tert-OH is 1. The Hall–Kier alpha value is -3.01. The van der Waals surface area contributed by atoms with Crippen LogP contribution in [0.4, 0.5) is 9.59 Å². The molecule has 0 aromatic heterocycles. The third-order valence-corrected chi connectivity index (χ3v) is 5.57. The van der Waals surface area contributed by atoms with Gasteiger partial charge in [-0.1, -0.05) is 41.5 Å². The maximum atomic E-state index is 12.4. The summed E-state index contributed by atoms with van der Waals surface area (Å²) in [5.74, 6) is -3.40. The van der Waals surface area contributed by atoms with Crippen LogP contribution in [0.15, 0.2) is 0 Å². The smallest absolute Gasteiger partial charge is 0.413 e. The number of aliphatic carboxylic acids is 2. The molecule has 0 saturated carbocycles. The van der Waals surface area contributed by atoms with Crippen molar-refractivity contribution in [2.45, 2.75) is 132 Å². The maximum absolute atomic E-state index is 12.4. The summed E-state index contributed by atoms with van der Waals surface area (Å²) in [6.07, 6.45) is -3.04. The fraction of sp³-hybridized carbons (Fsp3) is 0.833. The van der Waals surface area contributed by atoms with Crippen LogP contribution in [0.3, 0.4) is 0 Å². The second kappa shape index (κ2) is 16.0. The fourth-order valence-electron chi connectivity index (χ4n) is 3.70. The van der Waals surface area contributed by atoms with Gasteiger partial charge < -0.3 is 40.0 Å². The SMILES string of the molecule is [2H][C@@](N)(CO)C(=O)O.[2H][C@]1(C(=O)O)CO[C@@H](C(C)(C)C)N1C(=O)OC(C)(C)C.[2H][C@]1(C(C)=O)CO[C@@H](C(C)(C)C)N1C(=O)OC(C)(C)C. The number of rotatable bonds is 4. The van der Waals surface area contributed by atoms with Crippen molar-refractivity contribution in [2.24, 2.45) is 16.6 Å². The van der Waals surface area contributed by atoms with Crippen LogP contribution in [-0.4, -0.2) is 117 Å². The van der Waals surface area contributed by atoms with Gasteiger partial charge in [0.15, 0.2) is 11.8 Å². The van der Waals surface area contributed by atoms with Gasteiger partial charge >= 0.3 is 24.1 Å². The molecule has 0 aromatic rings. The standard InChI is InChI=1S/C14H25NO4.C13H23NO5.C3H7NO3/c1-9(16)10-8-18-11(13(2,3)4)15(10)12(17)19-14(5,6)7;1-12(2,3)10-14(8(7-18-10)9(15)16)11(17)19-13(4,5)6;4-2(1-5)3(6)7/h10-11H,8H2,1-7H3;8,10H,7H2,1-6H3,(H,15,16);2,5H,1,4H2,(H,6,7)/t10-,11+;8-,10+;2-/m111/s1/i10D;8D;2D. The van der Waals surface area contributed by atoms with Gasteiger partial charge in [0.05, 0.1) is 23.9 Å². The van der Waals surface area contributed by atoms with E-state index in [1.54, 1.807) is 41.5 Å². The topological polar surface area (TPSA) is 215 Å². The number of ketones is 1. The number of carbonyl (C=O) groups is 5. The molecule has 2 aliphatic rings. The van der Waals surface area contributed by atoms with Crippen molar-refractivity contribution in [2.75, 3.05) is 19.8 Å². The van der Waals surface area contributed by atoms with Crippen LogP contribution in [0, 0.1) is 10.8 Å². The predicted molar refractivity (Wildman–Crippen MR) is 163 cm³/mol. The molecule has 2 rings (SSSR count). The summed E-state index contributed by atoms with van der Waals surface area (Å²) in [5, 5.41) is 25.3. The molecule has 2 fully saturated rings. The van der Waals surface area contributed by atoms with E-state index in [1.807, 2.05) is 41.5 Å². The van der Waals surface area contributed by atoms with Gasteiger partial charge in [0.2, 0.25) is 0 Å². The summed E-state index contributed by atoms with van der Waals surface area (Å²) >= 11 is 0. The molecule has 0 spiro atoms. The lowest BCUT2D eigenvalue weighted by molar-refractivity contribution is -0.142. The van der Waals surface area contributed by atoms with Crippen LogP contribution < -0.4 is 5.73 Å². The number of carboxylic acids is 2. The molecule has 2 heterocycles. The number of amides is 2. The Bertz CT molecular complexity index is 1110. The molecule has 0 aromatic carbocycles. The zero-order valence-corrected chi connectivity index (χ0v) is 28.8. The van der Waals surface area contributed by atoms with Gasteiger partial charge in [0.25, 0.3) is 0 Å². The van der Waals surface area contributed by atoms with E-state index in [2.05, 4.69) is 5.73 Å². The first kappa shape index (κ1) is 36.5. The summed E-state index contributed by atoms with van der Waals surface area (Å²) in [5.41, 5.74) is 2.25. The van der Waals surface area contributed by atoms with Gasteiger partial charge in [-0.25, -0.2) is 14.4 Å². The zero-order chi connectivity index (χ0) is 38.6. The largest absolute Gasteiger partial charge is 0.480 e. The molecule has 2 saturated heterocycles. The lowest BCUT2D eigenvalue weighted by atomic mass is 9.93. The first-order chi connectivity index (χ1) is 21.1. The van der Waals surface area contributed by atoms with E-state index in [0.29, 0.717) is 0 Å². The molecule has 0 unspecified atom stereocenters. The number of aliphatic hydroxyl groups is 1. The Labute approximate surface area is 270 Å². The van der Waals surface area contributed by atoms with Crippen molar-refractivity contribution in [3.05, 3.63) is 0 Å². The number of carbonyl (C=O) groups excluding carboxylic acids is 3. The Kier molecular flexibility index (Phi) is 13.0. The van der Waals surface area contributed by atoms with Gasteiger partial charge in [-0.2, -0.15) is 0 Å². The Morgan fingerprint density at radius 3 is 1.36 bits per heavy atom. The summed E-state index contributed by atoms with van der Waals surface area (Å²) in [6.45, 7) is 21.3. The van der Waals surface area contributed by atoms with Crippen LogP contribution >= 0.6 is 0 Å². The van der Waals surface area contributed by atoms with Crippen molar-refractivity contribution in [3.63, 3.8) is 0 Å². The van der Waals surface area contributed by atoms with Gasteiger partial charge in [0, 0.05) is 10.8 Å². The van der Waals surface area contributed by atoms with E-state index in [9.17, 15) is 29.1 Å². The molecular weight excluding hydrogens is 594 g/mol. The van der Waals surface area contributed by atoms with E-state index < -0.39 is 89.1 Å². The van der Waals surface area contributed by atoms with E-state index in [1.165, 1.54) is 6.92 Å². The van der Waals surface area contributed by atoms with Crippen molar-refractivity contribution in [1.82, 2.24) is 9.80 Å². The molecule has 2 amide bonds. The van der Waals surface area contributed by atoms with Crippen molar-refractivity contribution >= 4 is 29.9 Å². The number of nitrogens with zero attached hydrogens (tertiary/aromatic N) is 2. The van der Waals surface area contributed by atoms with E-state index in [4.69, 9.17) is 33.3 Å². The van der Waals surface area contributed by atoms with Crippen molar-refractivity contribution in [3.8, 4) is 0 Å². The Morgan fingerprint density at radius 1 is 0.800 bits per heavy atom. The average molecular weight is 653 g/mol. The highest BCUT2D eigenvalue weighted by Gasteiger charge is 2.49. The number of hydrogen-bond donors (Lipinski definition) is 4. The minimum Gasteiger partial charge on any atom is -0.480 e. The van der Waals surface area contributed by atoms with Gasteiger partial charge in [-0.3, -0.25) is 19.4 Å². The van der Waals surface area contributed by atoms with Crippen molar-refractivity contribution < 1.29 is 62.4 Å². The fourth-order valence-corrected chi connectivity index (χ4v) is 3.70. The van der Waals surface area contributed by atoms with Gasteiger partial charge in [-0.05, 0) is 48.5 Å². The normalized spacial score (nSPS) is 27.7. The van der Waals surface area contributed by atoms with Crippen LogP contribution in [-0.2, 0) is 33.3 Å². The monoisotopic (exact) mass is 652 g/mol. The van der Waals surface area contributed by atoms with Crippen LogP contribution in [0.5, 0.6) is 0 Å². The minimum absolute atomic E-state index is 0.135. The number of hydrogen-bond acceptors (Lipinski definition) is 11. The third-order valence-electron chi connectivity index (χ3n) is 5.57. The molecule has 0 bridgehead atoms. The number of Topliss-reactive ketones (excluding diaryl/α,β-unsaturated/α-hetero) is 1. The lowest BCUT2D eigenvalue weighted by Gasteiger charge is -2.36. The summed E-state index contributed by atoms with van der Waals surface area (Å²) in [7, 11) is 0. The second-order valence-corrected chi connectivity index (χ2v) is 14.5. The summed E-state index contributed by atoms with van der Waals surface area (Å²) in [4.78, 5) is 59.6. The lowest BCUT2D eigenvalue weighted by Crippen LogP contribution is -2.51. The Balaban J connectivity index is 0.000000754. The molecule has 262 valence electrons. The van der Waals surface area contributed by atoms with Gasteiger partial charge in [-0.15, -0.1) is 0 Å². The highest BCUT2D eigenvalue weighted by molar-refractivity contribution is 5.86. The molecule has 15 nitrogen and oxygen atoms in total. The molecule has 45 heavy (non-hydrogen) atoms. The first-order valence-electron chi connectivity index (χ1n) is 15.7. The number of nitrogens with two attached hydrogens (primary N) is 1. The van der Waals surface area contributed by atoms with Crippen molar-refractivity contribution in [1.29, 1.82) is 0 Å². The second-order valence-electron chi connectivity index (χ2n) is 14.5. The molecule has 15 heteroatoms. The van der Waals surface area contributed by atoms with E-state index in [0.717, 1.165) is 9.80 Å². The number of ether oxygens (including phenoxy) is 4. The third kappa shape index (κ3) is 13.9. The maximum Gasteiger partial charge on any atom is 0.413 e. The van der Waals surface area contributed by atoms with E-state index in [-0.39, 0.29) is 13.2 Å². The highest BCUT2D eigenvalue weighted by Crippen LogP contribution is 2.34. The van der Waals surface area contributed by atoms with Crippen LogP contribution in [0.1, 0.15) is 94.1 Å². The molecule has 5 atom stereocenters. The summed E-state index contributed by atoms with van der Waals surface area (Å²) < 4.78 is 44.4. The predicted octanol–water partition coefficient (Wildman–Crippen LogP) is 3.05. The van der Waals surface area contributed by atoms with Crippen LogP contribution in [0.25, 0.3) is 0 Å². The first-order valence-corrected chi connectivity index (χ1v) is 14.2. The molecule has 5 N–H and O–H groups in total. The van der Waals surface area contributed by atoms with Gasteiger partial charge in [0.1, 0.15) is 35.7 Å². The Morgan fingerprint density at radius 2 is 1.13 bits per heavy atom. The quantitative estimate of drug-likeness (QED) is 0.344. The van der Waals surface area contributed by atoms with Crippen LogP contribution in [0.2, 0.25) is 0 Å². The molecular formula is C30H55N3O12. The van der Waals surface area contributed by atoms with E-state index >= 15 is 0 Å². The summed E-state index contributed by atoms with van der Waals surface area (Å²) in [6, 6.07) is -6.12. The minimum atomic E-state index is -2.24. The number of carboxylic acid groups (broad SMARTS) is 2. The molecule has 0 aliphatic carbocycles. The average Bonchev–Trinajstić information content (AvgIpc) is 3.42. The zero-order valence-electron chi connectivity index (χ0n) is 31.8.